The average molecular weight is 443 g/mol. The van der Waals surface area contributed by atoms with E-state index in [4.69, 9.17) is 4.84 Å². The van der Waals surface area contributed by atoms with E-state index in [1.165, 1.54) is 15.6 Å². The Hall–Kier alpha value is -3.18. The highest BCUT2D eigenvalue weighted by molar-refractivity contribution is 7.92. The Kier molecular flexibility index (Phi) is 5.55. The Labute approximate surface area is 177 Å². The van der Waals surface area contributed by atoms with Gasteiger partial charge in [-0.25, -0.2) is 23.4 Å². The second-order valence-electron chi connectivity index (χ2n) is 6.41. The molecule has 0 aliphatic carbocycles. The topological polar surface area (TPSA) is 111 Å². The van der Waals surface area contributed by atoms with E-state index in [2.05, 4.69) is 31.7 Å². The third kappa shape index (κ3) is 4.07. The molecule has 0 saturated carbocycles. The van der Waals surface area contributed by atoms with Crippen LogP contribution in [0.15, 0.2) is 54.7 Å². The van der Waals surface area contributed by atoms with Crippen molar-refractivity contribution in [1.82, 2.24) is 19.9 Å². The number of rotatable bonds is 6. The van der Waals surface area contributed by atoms with Crippen LogP contribution in [0.2, 0.25) is 0 Å². The van der Waals surface area contributed by atoms with Crippen LogP contribution in [-0.2, 0) is 14.9 Å². The molecule has 4 heterocycles. The van der Waals surface area contributed by atoms with E-state index in [0.717, 1.165) is 21.7 Å². The summed E-state index contributed by atoms with van der Waals surface area (Å²) in [6.07, 6.45) is 9.79. The summed E-state index contributed by atoms with van der Waals surface area (Å²) in [6.45, 7) is 4.06. The standard InChI is InChI=1S/C19H18N6O3S2/c1-3-9-28-24-14-6-8-25(30(2,26)27)18-17(14)23-15(11-21-18)16-12-22-19(29-16)13-5-4-7-20-10-13/h3-5,7,10-12H,1,6,8-9H2,2H3. The van der Waals surface area contributed by atoms with E-state index in [0.29, 0.717) is 23.5 Å². The highest BCUT2D eigenvalue weighted by Crippen LogP contribution is 2.33. The summed E-state index contributed by atoms with van der Waals surface area (Å²) in [5.74, 6) is 0.241. The van der Waals surface area contributed by atoms with Gasteiger partial charge in [-0.3, -0.25) is 9.29 Å². The number of anilines is 1. The van der Waals surface area contributed by atoms with E-state index in [1.807, 2.05) is 12.1 Å². The van der Waals surface area contributed by atoms with Crippen LogP contribution in [0.3, 0.4) is 0 Å². The van der Waals surface area contributed by atoms with Gasteiger partial charge in [0.1, 0.15) is 28.7 Å². The maximum Gasteiger partial charge on any atom is 0.233 e. The number of fused-ring (bicyclic) bond motifs is 1. The van der Waals surface area contributed by atoms with E-state index >= 15 is 0 Å². The molecular formula is C19H18N6O3S2. The average Bonchev–Trinajstić information content (AvgIpc) is 3.24. The van der Waals surface area contributed by atoms with Crippen molar-refractivity contribution >= 4 is 32.9 Å². The fourth-order valence-corrected chi connectivity index (χ4v) is 4.64. The summed E-state index contributed by atoms with van der Waals surface area (Å²) >= 11 is 1.45. The highest BCUT2D eigenvalue weighted by atomic mass is 32.2. The van der Waals surface area contributed by atoms with Gasteiger partial charge in [0.15, 0.2) is 5.82 Å². The quantitative estimate of drug-likeness (QED) is 0.328. The predicted octanol–water partition coefficient (Wildman–Crippen LogP) is 2.74. The minimum Gasteiger partial charge on any atom is -0.391 e. The lowest BCUT2D eigenvalue weighted by molar-refractivity contribution is 0.174. The van der Waals surface area contributed by atoms with E-state index in [1.54, 1.807) is 30.9 Å². The molecule has 30 heavy (non-hydrogen) atoms. The second kappa shape index (κ2) is 8.28. The molecule has 1 aliphatic heterocycles. The summed E-state index contributed by atoms with van der Waals surface area (Å²) in [6, 6.07) is 3.78. The monoisotopic (exact) mass is 442 g/mol. The molecule has 0 saturated heterocycles. The van der Waals surface area contributed by atoms with Crippen molar-refractivity contribution in [2.75, 3.05) is 23.7 Å². The summed E-state index contributed by atoms with van der Waals surface area (Å²) in [7, 11) is -3.50. The molecule has 9 nitrogen and oxygen atoms in total. The third-order valence-corrected chi connectivity index (χ3v) is 6.47. The first kappa shape index (κ1) is 20.1. The maximum atomic E-state index is 12.2. The van der Waals surface area contributed by atoms with Crippen molar-refractivity contribution in [2.45, 2.75) is 6.42 Å². The zero-order valence-electron chi connectivity index (χ0n) is 16.1. The Balaban J connectivity index is 1.75. The van der Waals surface area contributed by atoms with Crippen LogP contribution in [0.4, 0.5) is 5.82 Å². The Bertz CT molecular complexity index is 1210. The van der Waals surface area contributed by atoms with Crippen LogP contribution in [0, 0.1) is 0 Å². The van der Waals surface area contributed by atoms with Crippen LogP contribution in [-0.4, -0.2) is 53.5 Å². The zero-order valence-corrected chi connectivity index (χ0v) is 17.7. The Morgan fingerprint density at radius 2 is 2.20 bits per heavy atom. The van der Waals surface area contributed by atoms with Gasteiger partial charge in [-0.05, 0) is 12.1 Å². The predicted molar refractivity (Wildman–Crippen MR) is 116 cm³/mol. The van der Waals surface area contributed by atoms with Gasteiger partial charge in [-0.15, -0.1) is 11.3 Å². The van der Waals surface area contributed by atoms with Gasteiger partial charge >= 0.3 is 0 Å². The lowest BCUT2D eigenvalue weighted by Gasteiger charge is -2.27. The van der Waals surface area contributed by atoms with Gasteiger partial charge in [-0.1, -0.05) is 17.8 Å². The largest absolute Gasteiger partial charge is 0.391 e. The summed E-state index contributed by atoms with van der Waals surface area (Å²) < 4.78 is 25.6. The van der Waals surface area contributed by atoms with Gasteiger partial charge in [0.2, 0.25) is 10.0 Å². The Morgan fingerprint density at radius 3 is 2.93 bits per heavy atom. The van der Waals surface area contributed by atoms with Crippen molar-refractivity contribution in [2.24, 2.45) is 5.16 Å². The molecule has 1 aliphatic rings. The number of nitrogens with zero attached hydrogens (tertiary/aromatic N) is 6. The number of sulfonamides is 1. The third-order valence-electron chi connectivity index (χ3n) is 4.25. The first-order chi connectivity index (χ1) is 14.5. The number of pyridine rings is 1. The van der Waals surface area contributed by atoms with Crippen molar-refractivity contribution in [3.05, 3.63) is 55.3 Å². The lowest BCUT2D eigenvalue weighted by atomic mass is 10.1. The molecular weight excluding hydrogens is 424 g/mol. The molecule has 0 N–H and O–H groups in total. The lowest BCUT2D eigenvalue weighted by Crippen LogP contribution is -2.38. The van der Waals surface area contributed by atoms with E-state index in [-0.39, 0.29) is 19.0 Å². The Morgan fingerprint density at radius 1 is 1.33 bits per heavy atom. The molecule has 0 fully saturated rings. The molecule has 3 aromatic heterocycles. The number of hydrogen-bond donors (Lipinski definition) is 0. The molecule has 4 rings (SSSR count). The van der Waals surface area contributed by atoms with Crippen LogP contribution >= 0.6 is 11.3 Å². The fourth-order valence-electron chi connectivity index (χ4n) is 2.90. The van der Waals surface area contributed by atoms with Gasteiger partial charge < -0.3 is 4.84 Å². The van der Waals surface area contributed by atoms with Crippen LogP contribution in [0.1, 0.15) is 12.1 Å². The number of aromatic nitrogens is 4. The van der Waals surface area contributed by atoms with Crippen molar-refractivity contribution in [3.63, 3.8) is 0 Å². The van der Waals surface area contributed by atoms with E-state index < -0.39 is 10.0 Å². The van der Waals surface area contributed by atoms with Gasteiger partial charge in [-0.2, -0.15) is 0 Å². The number of hydrogen-bond acceptors (Lipinski definition) is 9. The zero-order chi connectivity index (χ0) is 21.1. The van der Waals surface area contributed by atoms with Crippen molar-refractivity contribution < 1.29 is 13.3 Å². The van der Waals surface area contributed by atoms with Crippen LogP contribution in [0.25, 0.3) is 21.1 Å². The highest BCUT2D eigenvalue weighted by Gasteiger charge is 2.31. The molecule has 11 heteroatoms. The van der Waals surface area contributed by atoms with Gasteiger partial charge in [0.05, 0.1) is 17.3 Å². The normalized spacial score (nSPS) is 15.1. The molecule has 154 valence electrons. The summed E-state index contributed by atoms with van der Waals surface area (Å²) in [4.78, 5) is 23.6. The maximum absolute atomic E-state index is 12.2. The smallest absolute Gasteiger partial charge is 0.233 e. The molecule has 0 bridgehead atoms. The minimum atomic E-state index is -3.50. The first-order valence-electron chi connectivity index (χ1n) is 8.99. The summed E-state index contributed by atoms with van der Waals surface area (Å²) in [5, 5.41) is 4.92. The van der Waals surface area contributed by atoms with Crippen LogP contribution < -0.4 is 4.31 Å². The fraction of sp³-hybridized carbons (Fsp3) is 0.211. The number of oxime groups is 1. The summed E-state index contributed by atoms with van der Waals surface area (Å²) in [5.41, 5.74) is 2.40. The van der Waals surface area contributed by atoms with Crippen molar-refractivity contribution in [1.29, 1.82) is 0 Å². The number of thiazole rings is 1. The van der Waals surface area contributed by atoms with Crippen LogP contribution in [0.5, 0.6) is 0 Å². The van der Waals surface area contributed by atoms with Gasteiger partial charge in [0, 0.05) is 37.1 Å². The molecule has 0 amide bonds. The molecule has 0 spiro atoms. The van der Waals surface area contributed by atoms with Crippen molar-refractivity contribution in [3.8, 4) is 21.1 Å². The second-order valence-corrected chi connectivity index (χ2v) is 9.34. The molecule has 0 aromatic carbocycles. The molecule has 3 aromatic rings. The van der Waals surface area contributed by atoms with E-state index in [9.17, 15) is 8.42 Å². The first-order valence-corrected chi connectivity index (χ1v) is 11.7. The van der Waals surface area contributed by atoms with Gasteiger partial charge in [0.25, 0.3) is 0 Å². The SMILES string of the molecule is C=CCON=C1CCN(S(C)(=O)=O)c2ncc(-c3cnc(-c4cccnc4)s3)nc21. The molecule has 0 unspecified atom stereocenters. The molecule has 0 radical (unpaired) electrons. The minimum absolute atomic E-state index is 0.224. The molecule has 0 atom stereocenters.